The van der Waals surface area contributed by atoms with Gasteiger partial charge < -0.3 is 30.1 Å². The minimum absolute atomic E-state index is 0.195. The Labute approximate surface area is 140 Å². The highest BCUT2D eigenvalue weighted by molar-refractivity contribution is 8.00. The molecule has 6 atom stereocenters. The van der Waals surface area contributed by atoms with Crippen molar-refractivity contribution in [3.05, 3.63) is 24.2 Å². The molecule has 0 radical (unpaired) electrons. The van der Waals surface area contributed by atoms with E-state index < -0.39 is 36.7 Å². The van der Waals surface area contributed by atoms with Crippen LogP contribution in [-0.4, -0.2) is 53.6 Å². The first kappa shape index (κ1) is 15.9. The van der Waals surface area contributed by atoms with Gasteiger partial charge in [-0.25, -0.2) is 9.50 Å². The number of rotatable bonds is 3. The number of anilines is 1. The van der Waals surface area contributed by atoms with Gasteiger partial charge >= 0.3 is 0 Å². The molecule has 126 valence electrons. The van der Waals surface area contributed by atoms with Gasteiger partial charge in [0.1, 0.15) is 36.2 Å². The first-order valence-electron chi connectivity index (χ1n) is 6.84. The summed E-state index contributed by atoms with van der Waals surface area (Å²) in [6, 6.07) is 5.01. The maximum Gasteiger partial charge on any atom is 0.226 e. The summed E-state index contributed by atoms with van der Waals surface area (Å²) in [6.45, 7) is 0. The third-order valence-electron chi connectivity index (χ3n) is 4.47. The largest absolute Gasteiger partial charge is 0.385 e. The second kappa shape index (κ2) is 4.93. The molecule has 1 aliphatic carbocycles. The molecule has 1 aliphatic heterocycles. The molecule has 2 unspecified atom stereocenters. The van der Waals surface area contributed by atoms with Gasteiger partial charge in [-0.2, -0.15) is 10.4 Å². The summed E-state index contributed by atoms with van der Waals surface area (Å²) in [7, 11) is -2.50. The van der Waals surface area contributed by atoms with Gasteiger partial charge in [0.25, 0.3) is 0 Å². The third-order valence-corrected chi connectivity index (χ3v) is 5.21. The number of hydrogen-bond donors (Lipinski definition) is 4. The lowest BCUT2D eigenvalue weighted by atomic mass is 9.90. The number of aliphatic hydroxyl groups excluding tert-OH is 1. The SMILES string of the molecule is N#C[C@@]1(c2ccc3c(N)ncnn23)O[C@@H]2C(O[PH](O)=S)[C@]2(O)[C@H]1O. The van der Waals surface area contributed by atoms with Crippen molar-refractivity contribution >= 4 is 30.3 Å². The van der Waals surface area contributed by atoms with E-state index in [0.717, 1.165) is 0 Å². The molecule has 0 aromatic carbocycles. The van der Waals surface area contributed by atoms with Crippen LogP contribution < -0.4 is 5.73 Å². The van der Waals surface area contributed by atoms with Gasteiger partial charge in [0.15, 0.2) is 18.6 Å². The molecule has 0 bridgehead atoms. The van der Waals surface area contributed by atoms with Gasteiger partial charge in [-0.15, -0.1) is 0 Å². The summed E-state index contributed by atoms with van der Waals surface area (Å²) in [5.41, 5.74) is 2.71. The molecule has 1 saturated heterocycles. The van der Waals surface area contributed by atoms with Crippen molar-refractivity contribution in [1.82, 2.24) is 14.6 Å². The average molecular weight is 369 g/mol. The van der Waals surface area contributed by atoms with E-state index in [9.17, 15) is 20.4 Å². The molecule has 3 heterocycles. The molecule has 5 N–H and O–H groups in total. The zero-order valence-electron chi connectivity index (χ0n) is 11.9. The molecule has 1 saturated carbocycles. The summed E-state index contributed by atoms with van der Waals surface area (Å²) >= 11 is 4.59. The number of nitrogens with zero attached hydrogens (tertiary/aromatic N) is 4. The van der Waals surface area contributed by atoms with Crippen molar-refractivity contribution < 1.29 is 24.4 Å². The summed E-state index contributed by atoms with van der Waals surface area (Å²) in [5.74, 6) is 0.195. The minimum atomic E-state index is -2.50. The van der Waals surface area contributed by atoms with Crippen molar-refractivity contribution in [2.45, 2.75) is 29.5 Å². The second-order valence-corrected chi connectivity index (χ2v) is 7.46. The Hall–Kier alpha value is -1.64. The van der Waals surface area contributed by atoms with E-state index in [1.54, 1.807) is 6.07 Å². The number of hydrogen-bond acceptors (Lipinski definition) is 9. The molecule has 2 aliphatic rings. The number of fused-ring (bicyclic) bond motifs is 2. The summed E-state index contributed by atoms with van der Waals surface area (Å²) < 4.78 is 12.0. The van der Waals surface area contributed by atoms with E-state index >= 15 is 0 Å². The summed E-state index contributed by atoms with van der Waals surface area (Å²) in [6.07, 6.45) is -2.38. The van der Waals surface area contributed by atoms with Crippen molar-refractivity contribution in [2.75, 3.05) is 5.73 Å². The van der Waals surface area contributed by atoms with Crippen LogP contribution in [0.5, 0.6) is 0 Å². The fourth-order valence-electron chi connectivity index (χ4n) is 3.23. The first-order chi connectivity index (χ1) is 11.4. The number of aromatic nitrogens is 3. The van der Waals surface area contributed by atoms with Gasteiger partial charge in [0.05, 0.1) is 5.69 Å². The van der Waals surface area contributed by atoms with Crippen molar-refractivity contribution in [3.8, 4) is 6.07 Å². The number of ether oxygens (including phenoxy) is 1. The minimum Gasteiger partial charge on any atom is -0.385 e. The number of nitriles is 1. The van der Waals surface area contributed by atoms with Gasteiger partial charge in [0, 0.05) is 0 Å². The van der Waals surface area contributed by atoms with Crippen LogP contribution in [0.1, 0.15) is 5.69 Å². The Morgan fingerprint density at radius 2 is 2.29 bits per heavy atom. The smallest absolute Gasteiger partial charge is 0.226 e. The quantitative estimate of drug-likeness (QED) is 0.465. The maximum absolute atomic E-state index is 10.6. The molecule has 2 fully saturated rings. The molecule has 2 aromatic rings. The van der Waals surface area contributed by atoms with Crippen LogP contribution in [-0.2, 0) is 26.7 Å². The zero-order valence-corrected chi connectivity index (χ0v) is 13.7. The highest BCUT2D eigenvalue weighted by atomic mass is 32.4. The van der Waals surface area contributed by atoms with Gasteiger partial charge in [-0.05, 0) is 23.9 Å². The summed E-state index contributed by atoms with van der Waals surface area (Å²) in [4.78, 5) is 13.1. The molecule has 10 nitrogen and oxygen atoms in total. The lowest BCUT2D eigenvalue weighted by Gasteiger charge is -2.29. The normalized spacial score (nSPS) is 38.7. The highest BCUT2D eigenvalue weighted by Crippen LogP contribution is 2.60. The third kappa shape index (κ3) is 1.79. The van der Waals surface area contributed by atoms with Crippen molar-refractivity contribution in [2.24, 2.45) is 0 Å². The standard InChI is InChI=1S/C12H12N5O5PS/c13-3-11(6-2-1-5-9(14)15-4-16-17(5)6)10(18)12(19)7(21-11)8(12)22-23(20)24/h1-2,4,7-8,10,18-19,23H,(H,20,24)(H2,14,15,16)/t7-,8?,10+,11+,12+/m1/s1. The Balaban J connectivity index is 1.79. The predicted octanol–water partition coefficient (Wildman–Crippen LogP) is -1.58. The molecule has 0 amide bonds. The van der Waals surface area contributed by atoms with Crippen LogP contribution >= 0.6 is 7.15 Å². The Kier molecular flexibility index (Phi) is 3.26. The topological polar surface area (TPSA) is 159 Å². The lowest BCUT2D eigenvalue weighted by molar-refractivity contribution is -0.101. The molecule has 0 spiro atoms. The zero-order chi connectivity index (χ0) is 17.3. The van der Waals surface area contributed by atoms with Gasteiger partial charge in [-0.3, -0.25) is 0 Å². The van der Waals surface area contributed by atoms with Crippen molar-refractivity contribution in [3.63, 3.8) is 0 Å². The number of aliphatic hydroxyl groups is 2. The van der Waals surface area contributed by atoms with E-state index in [4.69, 9.17) is 15.0 Å². The van der Waals surface area contributed by atoms with E-state index in [2.05, 4.69) is 21.9 Å². The fraction of sp³-hybridized carbons (Fsp3) is 0.417. The van der Waals surface area contributed by atoms with Gasteiger partial charge in [-0.1, -0.05) is 0 Å². The van der Waals surface area contributed by atoms with Crippen LogP contribution in [0.2, 0.25) is 0 Å². The Morgan fingerprint density at radius 1 is 1.54 bits per heavy atom. The van der Waals surface area contributed by atoms with Gasteiger partial charge in [0.2, 0.25) is 5.60 Å². The predicted molar refractivity (Wildman–Crippen MR) is 83.3 cm³/mol. The number of nitrogens with two attached hydrogens (primary N) is 1. The highest BCUT2D eigenvalue weighted by Gasteiger charge is 2.83. The molecule has 4 rings (SSSR count). The molecular weight excluding hydrogens is 357 g/mol. The van der Waals surface area contributed by atoms with E-state index in [1.807, 2.05) is 6.07 Å². The fourth-order valence-corrected chi connectivity index (χ4v) is 4.07. The average Bonchev–Trinajstić information content (AvgIpc) is 2.88. The second-order valence-electron chi connectivity index (χ2n) is 5.64. The van der Waals surface area contributed by atoms with Crippen LogP contribution in [0, 0.1) is 11.3 Å². The first-order valence-corrected chi connectivity index (χ1v) is 9.33. The van der Waals surface area contributed by atoms with Crippen LogP contribution in [0.3, 0.4) is 0 Å². The Morgan fingerprint density at radius 3 is 2.88 bits per heavy atom. The van der Waals surface area contributed by atoms with Crippen LogP contribution in [0.15, 0.2) is 18.5 Å². The van der Waals surface area contributed by atoms with Crippen LogP contribution in [0.4, 0.5) is 5.82 Å². The van der Waals surface area contributed by atoms with E-state index in [0.29, 0.717) is 5.52 Å². The number of nitrogen functional groups attached to an aromatic ring is 1. The maximum atomic E-state index is 10.6. The van der Waals surface area contributed by atoms with Crippen LogP contribution in [0.25, 0.3) is 5.52 Å². The summed E-state index contributed by atoms with van der Waals surface area (Å²) in [5, 5.41) is 34.9. The molecular formula is C12H12N5O5PS. The molecule has 24 heavy (non-hydrogen) atoms. The monoisotopic (exact) mass is 369 g/mol. The lowest BCUT2D eigenvalue weighted by Crippen LogP contribution is -2.47. The van der Waals surface area contributed by atoms with E-state index in [-0.39, 0.29) is 11.5 Å². The molecule has 12 heteroatoms. The Bertz CT molecular complexity index is 917. The van der Waals surface area contributed by atoms with Crippen molar-refractivity contribution in [1.29, 1.82) is 5.26 Å². The van der Waals surface area contributed by atoms with E-state index in [1.165, 1.54) is 16.9 Å². The molecule has 2 aromatic heterocycles.